The number of aromatic nitrogens is 2. The first-order valence-electron chi connectivity index (χ1n) is 9.82. The molecule has 1 amide bonds. The topological polar surface area (TPSA) is 50.6 Å². The van der Waals surface area contributed by atoms with Gasteiger partial charge in [-0.3, -0.25) is 14.4 Å². The zero-order valence-corrected chi connectivity index (χ0v) is 16.2. The Morgan fingerprint density at radius 3 is 2.63 bits per heavy atom. The van der Waals surface area contributed by atoms with Gasteiger partial charge in [0.25, 0.3) is 0 Å². The molecule has 0 N–H and O–H groups in total. The van der Waals surface area contributed by atoms with Crippen LogP contribution in [0.1, 0.15) is 30.8 Å². The molecule has 0 saturated carbocycles. The van der Waals surface area contributed by atoms with Crippen LogP contribution >= 0.6 is 0 Å². The minimum absolute atomic E-state index is 0.112. The van der Waals surface area contributed by atoms with E-state index in [1.807, 2.05) is 24.8 Å². The van der Waals surface area contributed by atoms with Gasteiger partial charge in [0, 0.05) is 32.6 Å². The first kappa shape index (κ1) is 18.2. The van der Waals surface area contributed by atoms with Gasteiger partial charge in [-0.2, -0.15) is 5.10 Å². The molecule has 6 heteroatoms. The third-order valence-electron chi connectivity index (χ3n) is 5.29. The van der Waals surface area contributed by atoms with E-state index in [1.165, 1.54) is 11.3 Å². The molecule has 2 atom stereocenters. The largest absolute Gasteiger partial charge is 0.372 e. The molecule has 0 aliphatic carbocycles. The maximum Gasteiger partial charge on any atom is 0.236 e. The van der Waals surface area contributed by atoms with Crippen LogP contribution in [-0.4, -0.2) is 63.9 Å². The van der Waals surface area contributed by atoms with Crippen LogP contribution in [0.5, 0.6) is 0 Å². The quantitative estimate of drug-likeness (QED) is 0.827. The van der Waals surface area contributed by atoms with Gasteiger partial charge in [0.05, 0.1) is 36.7 Å². The minimum atomic E-state index is 0.112. The number of amides is 1. The summed E-state index contributed by atoms with van der Waals surface area (Å²) in [6, 6.07) is 12.6. The first-order valence-corrected chi connectivity index (χ1v) is 9.82. The van der Waals surface area contributed by atoms with E-state index in [2.05, 4.69) is 39.9 Å². The van der Waals surface area contributed by atoms with Crippen LogP contribution < -0.4 is 0 Å². The van der Waals surface area contributed by atoms with E-state index >= 15 is 0 Å². The van der Waals surface area contributed by atoms with Crippen LogP contribution in [-0.2, 0) is 29.0 Å². The van der Waals surface area contributed by atoms with Crippen LogP contribution in [0.3, 0.4) is 0 Å². The van der Waals surface area contributed by atoms with Crippen molar-refractivity contribution in [1.29, 1.82) is 0 Å². The Balaban J connectivity index is 1.36. The summed E-state index contributed by atoms with van der Waals surface area (Å²) < 4.78 is 7.83. The smallest absolute Gasteiger partial charge is 0.236 e. The van der Waals surface area contributed by atoms with Crippen LogP contribution in [0.15, 0.2) is 36.4 Å². The van der Waals surface area contributed by atoms with Gasteiger partial charge < -0.3 is 9.64 Å². The van der Waals surface area contributed by atoms with E-state index < -0.39 is 0 Å². The summed E-state index contributed by atoms with van der Waals surface area (Å²) in [6.45, 7) is 8.40. The van der Waals surface area contributed by atoms with Crippen molar-refractivity contribution >= 4 is 5.91 Å². The molecule has 2 aromatic rings. The summed E-state index contributed by atoms with van der Waals surface area (Å²) in [7, 11) is 0. The molecule has 0 bridgehead atoms. The van der Waals surface area contributed by atoms with Gasteiger partial charge in [0.15, 0.2) is 0 Å². The van der Waals surface area contributed by atoms with E-state index in [9.17, 15) is 4.79 Å². The fourth-order valence-corrected chi connectivity index (χ4v) is 4.08. The summed E-state index contributed by atoms with van der Waals surface area (Å²) in [5.74, 6) is 0.203. The van der Waals surface area contributed by atoms with Crippen LogP contribution in [0.4, 0.5) is 0 Å². The molecular weight excluding hydrogens is 340 g/mol. The Kier molecular flexibility index (Phi) is 5.27. The zero-order chi connectivity index (χ0) is 18.8. The second-order valence-corrected chi connectivity index (χ2v) is 7.78. The molecule has 1 saturated heterocycles. The number of hydrogen-bond donors (Lipinski definition) is 0. The van der Waals surface area contributed by atoms with Crippen molar-refractivity contribution in [1.82, 2.24) is 19.6 Å². The summed E-state index contributed by atoms with van der Waals surface area (Å²) in [6.07, 6.45) is 1.07. The highest BCUT2D eigenvalue weighted by Crippen LogP contribution is 2.17. The van der Waals surface area contributed by atoms with Gasteiger partial charge >= 0.3 is 0 Å². The predicted octanol–water partition coefficient (Wildman–Crippen LogP) is 1.93. The zero-order valence-electron chi connectivity index (χ0n) is 16.2. The molecule has 0 spiro atoms. The molecule has 144 valence electrons. The highest BCUT2D eigenvalue weighted by atomic mass is 16.5. The molecule has 0 radical (unpaired) electrons. The Morgan fingerprint density at radius 2 is 1.89 bits per heavy atom. The number of fused-ring (bicyclic) bond motifs is 1. The van der Waals surface area contributed by atoms with E-state index in [0.717, 1.165) is 31.7 Å². The Hall–Kier alpha value is -2.18. The molecule has 0 unspecified atom stereocenters. The number of carbonyl (C=O) groups is 1. The molecule has 4 rings (SSSR count). The third kappa shape index (κ3) is 4.39. The lowest BCUT2D eigenvalue weighted by Crippen LogP contribution is -2.51. The lowest BCUT2D eigenvalue weighted by atomic mass is 10.1. The predicted molar refractivity (Wildman–Crippen MR) is 103 cm³/mol. The van der Waals surface area contributed by atoms with Crippen molar-refractivity contribution in [3.8, 4) is 0 Å². The second-order valence-electron chi connectivity index (χ2n) is 7.78. The van der Waals surface area contributed by atoms with Crippen molar-refractivity contribution in [2.75, 3.05) is 26.2 Å². The lowest BCUT2D eigenvalue weighted by Gasteiger charge is -2.37. The number of morpholine rings is 1. The van der Waals surface area contributed by atoms with E-state index in [4.69, 9.17) is 9.84 Å². The summed E-state index contributed by atoms with van der Waals surface area (Å²) >= 11 is 0. The SMILES string of the molecule is C[C@@H]1CN(C(=O)CN2CCn3nc(Cc4ccccc4)cc3C2)C[C@H](C)O1. The molecule has 3 heterocycles. The maximum absolute atomic E-state index is 12.7. The number of hydrogen-bond acceptors (Lipinski definition) is 4. The first-order chi connectivity index (χ1) is 13.1. The van der Waals surface area contributed by atoms with E-state index in [-0.39, 0.29) is 18.1 Å². The standard InChI is InChI=1S/C21H28N4O2/c1-16-12-24(13-17(2)27-16)21(26)15-23-8-9-25-20(14-23)11-19(22-25)10-18-6-4-3-5-7-18/h3-7,11,16-17H,8-10,12-15H2,1-2H3/t16-,17+. The normalized spacial score (nSPS) is 23.3. The maximum atomic E-state index is 12.7. The molecule has 1 aromatic heterocycles. The average molecular weight is 368 g/mol. The van der Waals surface area contributed by atoms with Gasteiger partial charge in [0.2, 0.25) is 5.91 Å². The highest BCUT2D eigenvalue weighted by molar-refractivity contribution is 5.78. The Morgan fingerprint density at radius 1 is 1.15 bits per heavy atom. The van der Waals surface area contributed by atoms with Gasteiger partial charge in [-0.05, 0) is 25.5 Å². The van der Waals surface area contributed by atoms with Crippen molar-refractivity contribution < 1.29 is 9.53 Å². The van der Waals surface area contributed by atoms with Crippen LogP contribution in [0, 0.1) is 0 Å². The van der Waals surface area contributed by atoms with Crippen LogP contribution in [0.2, 0.25) is 0 Å². The third-order valence-corrected chi connectivity index (χ3v) is 5.29. The number of carbonyl (C=O) groups excluding carboxylic acids is 1. The summed E-state index contributed by atoms with van der Waals surface area (Å²) in [4.78, 5) is 16.9. The van der Waals surface area contributed by atoms with Crippen LogP contribution in [0.25, 0.3) is 0 Å². The monoisotopic (exact) mass is 368 g/mol. The number of ether oxygens (including phenoxy) is 1. The van der Waals surface area contributed by atoms with Gasteiger partial charge in [-0.25, -0.2) is 0 Å². The molecule has 2 aliphatic rings. The summed E-state index contributed by atoms with van der Waals surface area (Å²) in [5, 5.41) is 4.75. The van der Waals surface area contributed by atoms with Gasteiger partial charge in [0.1, 0.15) is 0 Å². The van der Waals surface area contributed by atoms with E-state index in [1.54, 1.807) is 0 Å². The van der Waals surface area contributed by atoms with Crippen molar-refractivity contribution in [2.45, 2.75) is 45.6 Å². The molecule has 6 nitrogen and oxygen atoms in total. The Labute approximate surface area is 160 Å². The molecule has 2 aliphatic heterocycles. The second kappa shape index (κ2) is 7.82. The van der Waals surface area contributed by atoms with Crippen molar-refractivity contribution in [3.63, 3.8) is 0 Å². The lowest BCUT2D eigenvalue weighted by molar-refractivity contribution is -0.144. The van der Waals surface area contributed by atoms with Crippen molar-refractivity contribution in [3.05, 3.63) is 53.3 Å². The highest BCUT2D eigenvalue weighted by Gasteiger charge is 2.28. The van der Waals surface area contributed by atoms with Crippen molar-refractivity contribution in [2.24, 2.45) is 0 Å². The summed E-state index contributed by atoms with van der Waals surface area (Å²) in [5.41, 5.74) is 3.57. The van der Waals surface area contributed by atoms with E-state index in [0.29, 0.717) is 19.6 Å². The average Bonchev–Trinajstić information content (AvgIpc) is 3.03. The Bertz CT molecular complexity index is 779. The molecule has 27 heavy (non-hydrogen) atoms. The molecule has 1 fully saturated rings. The number of rotatable bonds is 4. The van der Waals surface area contributed by atoms with Gasteiger partial charge in [-0.15, -0.1) is 0 Å². The van der Waals surface area contributed by atoms with Gasteiger partial charge in [-0.1, -0.05) is 30.3 Å². The minimum Gasteiger partial charge on any atom is -0.372 e. The number of benzene rings is 1. The molecular formula is C21H28N4O2. The molecule has 1 aromatic carbocycles. The fourth-order valence-electron chi connectivity index (χ4n) is 4.08. The fraction of sp³-hybridized carbons (Fsp3) is 0.524. The number of nitrogens with zero attached hydrogens (tertiary/aromatic N) is 4.